The maximum absolute atomic E-state index is 10.9. The van der Waals surface area contributed by atoms with Crippen molar-refractivity contribution in [1.82, 2.24) is 14.5 Å². The van der Waals surface area contributed by atoms with Crippen LogP contribution in [0.25, 0.3) is 11.0 Å². The van der Waals surface area contributed by atoms with Crippen LogP contribution in [0.4, 0.5) is 0 Å². The molecule has 2 aromatic rings. The van der Waals surface area contributed by atoms with Crippen molar-refractivity contribution in [3.63, 3.8) is 0 Å². The zero-order chi connectivity index (χ0) is 9.42. The highest BCUT2D eigenvalue weighted by Crippen LogP contribution is 2.13. The first-order valence-electron chi connectivity index (χ1n) is 3.75. The molecule has 66 valence electrons. The molecule has 13 heavy (non-hydrogen) atoms. The van der Waals surface area contributed by atoms with E-state index in [0.29, 0.717) is 11.3 Å². The van der Waals surface area contributed by atoms with Gasteiger partial charge in [0.05, 0.1) is 0 Å². The maximum Gasteiger partial charge on any atom is 0.265 e. The van der Waals surface area contributed by atoms with E-state index in [9.17, 15) is 4.79 Å². The maximum atomic E-state index is 10.9. The number of primary amides is 1. The van der Waals surface area contributed by atoms with Crippen LogP contribution in [0.5, 0.6) is 0 Å². The molecule has 0 atom stereocenters. The van der Waals surface area contributed by atoms with Gasteiger partial charge < -0.3 is 10.3 Å². The molecule has 0 aromatic carbocycles. The van der Waals surface area contributed by atoms with E-state index in [1.165, 1.54) is 6.33 Å². The Balaban J connectivity index is 2.81. The van der Waals surface area contributed by atoms with Crippen molar-refractivity contribution in [3.8, 4) is 0 Å². The van der Waals surface area contributed by atoms with Crippen molar-refractivity contribution < 1.29 is 4.79 Å². The lowest BCUT2D eigenvalue weighted by Crippen LogP contribution is -2.15. The van der Waals surface area contributed by atoms with Gasteiger partial charge in [-0.3, -0.25) is 4.79 Å². The number of hydrogen-bond acceptors (Lipinski definition) is 3. The molecule has 0 fully saturated rings. The van der Waals surface area contributed by atoms with Crippen LogP contribution in [-0.2, 0) is 7.05 Å². The number of carbonyl (C=O) groups excluding carboxylic acids is 1. The van der Waals surface area contributed by atoms with Crippen molar-refractivity contribution >= 4 is 16.9 Å². The molecule has 0 aliphatic rings. The van der Waals surface area contributed by atoms with Gasteiger partial charge in [-0.2, -0.15) is 0 Å². The number of aryl methyl sites for hydroxylation is 1. The van der Waals surface area contributed by atoms with Crippen molar-refractivity contribution in [1.29, 1.82) is 0 Å². The summed E-state index contributed by atoms with van der Waals surface area (Å²) in [5.41, 5.74) is 6.32. The summed E-state index contributed by atoms with van der Waals surface area (Å²) >= 11 is 0. The van der Waals surface area contributed by atoms with Crippen molar-refractivity contribution in [3.05, 3.63) is 24.3 Å². The second-order valence-electron chi connectivity index (χ2n) is 2.75. The number of rotatable bonds is 1. The molecule has 0 spiro atoms. The molecule has 0 aliphatic carbocycles. The summed E-state index contributed by atoms with van der Waals surface area (Å²) in [6, 6.07) is 1.68. The van der Waals surface area contributed by atoms with Crippen LogP contribution in [0, 0.1) is 0 Å². The molecule has 5 heteroatoms. The van der Waals surface area contributed by atoms with E-state index in [-0.39, 0.29) is 0 Å². The molecule has 0 saturated carbocycles. The van der Waals surface area contributed by atoms with Gasteiger partial charge in [-0.15, -0.1) is 0 Å². The fourth-order valence-corrected chi connectivity index (χ4v) is 1.31. The number of amides is 1. The Labute approximate surface area is 74.2 Å². The lowest BCUT2D eigenvalue weighted by molar-refractivity contribution is 0.0993. The predicted molar refractivity (Wildman–Crippen MR) is 47.0 cm³/mol. The van der Waals surface area contributed by atoms with Crippen LogP contribution in [0.3, 0.4) is 0 Å². The molecule has 0 saturated heterocycles. The van der Waals surface area contributed by atoms with Gasteiger partial charge in [0.1, 0.15) is 17.7 Å². The minimum Gasteiger partial charge on any atom is -0.364 e. The third-order valence-corrected chi connectivity index (χ3v) is 1.94. The summed E-state index contributed by atoms with van der Waals surface area (Å²) in [4.78, 5) is 18.8. The van der Waals surface area contributed by atoms with Crippen LogP contribution in [0.2, 0.25) is 0 Å². The fourth-order valence-electron chi connectivity index (χ4n) is 1.31. The molecule has 2 rings (SSSR count). The fraction of sp³-hybridized carbons (Fsp3) is 0.125. The van der Waals surface area contributed by atoms with E-state index in [4.69, 9.17) is 5.73 Å². The Kier molecular flexibility index (Phi) is 1.51. The van der Waals surface area contributed by atoms with E-state index in [0.717, 1.165) is 5.39 Å². The molecule has 0 unspecified atom stereocenters. The normalized spacial score (nSPS) is 10.5. The van der Waals surface area contributed by atoms with Gasteiger partial charge in [0.25, 0.3) is 5.91 Å². The van der Waals surface area contributed by atoms with Gasteiger partial charge in [0, 0.05) is 18.6 Å². The summed E-state index contributed by atoms with van der Waals surface area (Å²) in [5.74, 6) is -0.458. The van der Waals surface area contributed by atoms with Crippen LogP contribution in [0.1, 0.15) is 10.5 Å². The van der Waals surface area contributed by atoms with Gasteiger partial charge in [0.15, 0.2) is 0 Å². The summed E-state index contributed by atoms with van der Waals surface area (Å²) in [7, 11) is 1.75. The van der Waals surface area contributed by atoms with E-state index in [1.807, 2.05) is 0 Å². The molecule has 0 aliphatic heterocycles. The minimum absolute atomic E-state index is 0.440. The average molecular weight is 176 g/mol. The lowest BCUT2D eigenvalue weighted by Gasteiger charge is -1.97. The largest absolute Gasteiger partial charge is 0.364 e. The summed E-state index contributed by atoms with van der Waals surface area (Å²) < 4.78 is 1.65. The first-order chi connectivity index (χ1) is 6.20. The summed E-state index contributed by atoms with van der Waals surface area (Å²) in [6.45, 7) is 0. The Bertz CT molecular complexity index is 474. The molecule has 2 heterocycles. The summed E-state index contributed by atoms with van der Waals surface area (Å²) in [5, 5.41) is 0.818. The molecule has 2 N–H and O–H groups in total. The standard InChI is InChI=1S/C8H8N4O/c1-12-6(7(9)13)2-5-3-10-4-11-8(5)12/h2-4H,1H3,(H2,9,13). The SMILES string of the molecule is Cn1c(C(N)=O)cc2cncnc21. The van der Waals surface area contributed by atoms with Crippen molar-refractivity contribution in [2.24, 2.45) is 12.8 Å². The monoisotopic (exact) mass is 176 g/mol. The molecule has 5 nitrogen and oxygen atoms in total. The zero-order valence-electron chi connectivity index (χ0n) is 7.06. The summed E-state index contributed by atoms with van der Waals surface area (Å²) in [6.07, 6.45) is 3.09. The molecule has 0 bridgehead atoms. The van der Waals surface area contributed by atoms with Crippen LogP contribution >= 0.6 is 0 Å². The van der Waals surface area contributed by atoms with Crippen LogP contribution < -0.4 is 5.73 Å². The number of nitrogens with two attached hydrogens (primary N) is 1. The first kappa shape index (κ1) is 7.72. The molecule has 2 aromatic heterocycles. The Hall–Kier alpha value is -1.91. The number of hydrogen-bond donors (Lipinski definition) is 1. The number of nitrogens with zero attached hydrogens (tertiary/aromatic N) is 3. The average Bonchev–Trinajstić information content (AvgIpc) is 2.45. The Morgan fingerprint density at radius 2 is 2.38 bits per heavy atom. The Morgan fingerprint density at radius 3 is 3.00 bits per heavy atom. The van der Waals surface area contributed by atoms with Crippen molar-refractivity contribution in [2.45, 2.75) is 0 Å². The van der Waals surface area contributed by atoms with Crippen molar-refractivity contribution in [2.75, 3.05) is 0 Å². The van der Waals surface area contributed by atoms with Gasteiger partial charge in [-0.05, 0) is 6.07 Å². The third-order valence-electron chi connectivity index (χ3n) is 1.94. The highest BCUT2D eigenvalue weighted by atomic mass is 16.1. The topological polar surface area (TPSA) is 73.8 Å². The lowest BCUT2D eigenvalue weighted by atomic mass is 10.3. The smallest absolute Gasteiger partial charge is 0.265 e. The highest BCUT2D eigenvalue weighted by Gasteiger charge is 2.10. The van der Waals surface area contributed by atoms with Gasteiger partial charge in [-0.1, -0.05) is 0 Å². The van der Waals surface area contributed by atoms with E-state index < -0.39 is 5.91 Å². The van der Waals surface area contributed by atoms with Gasteiger partial charge in [0.2, 0.25) is 0 Å². The van der Waals surface area contributed by atoms with Gasteiger partial charge >= 0.3 is 0 Å². The van der Waals surface area contributed by atoms with E-state index in [2.05, 4.69) is 9.97 Å². The second-order valence-corrected chi connectivity index (χ2v) is 2.75. The first-order valence-corrected chi connectivity index (χ1v) is 3.75. The van der Waals surface area contributed by atoms with Gasteiger partial charge in [-0.25, -0.2) is 9.97 Å². The predicted octanol–water partition coefficient (Wildman–Crippen LogP) is 0.0672. The zero-order valence-corrected chi connectivity index (χ0v) is 7.06. The van der Waals surface area contributed by atoms with E-state index >= 15 is 0 Å². The van der Waals surface area contributed by atoms with E-state index in [1.54, 1.807) is 23.9 Å². The quantitative estimate of drug-likeness (QED) is 0.668. The Morgan fingerprint density at radius 1 is 1.62 bits per heavy atom. The molecular formula is C8H8N4O. The molecular weight excluding hydrogens is 168 g/mol. The number of aromatic nitrogens is 3. The molecule has 0 radical (unpaired) electrons. The van der Waals surface area contributed by atoms with Crippen LogP contribution in [-0.4, -0.2) is 20.4 Å². The number of carbonyl (C=O) groups is 1. The van der Waals surface area contributed by atoms with Crippen LogP contribution in [0.15, 0.2) is 18.6 Å². The number of fused-ring (bicyclic) bond motifs is 1. The molecule has 1 amide bonds. The minimum atomic E-state index is -0.458. The third kappa shape index (κ3) is 1.05. The highest BCUT2D eigenvalue weighted by molar-refractivity contribution is 5.96. The second kappa shape index (κ2) is 2.55.